The standard InChI is InChI=1S/C25H30N2O5S/c1-17-10-12-18(13-11-17)26-23(28)15-32-25(30)21-8-3-4-9-22(21)33-16-24(29)27-19-6-5-7-20(14-19)31-2/h3-9,14,17-18H,10-13,15-16H2,1-2H3,(H,26,28)(H,27,29). The van der Waals surface area contributed by atoms with Crippen molar-refractivity contribution in [2.45, 2.75) is 43.5 Å². The van der Waals surface area contributed by atoms with E-state index in [1.807, 2.05) is 0 Å². The number of ether oxygens (including phenoxy) is 2. The van der Waals surface area contributed by atoms with Crippen LogP contribution in [0, 0.1) is 5.92 Å². The van der Waals surface area contributed by atoms with E-state index in [0.717, 1.165) is 25.7 Å². The Morgan fingerprint density at radius 1 is 1.00 bits per heavy atom. The van der Waals surface area contributed by atoms with E-state index in [9.17, 15) is 14.4 Å². The molecule has 2 aromatic carbocycles. The molecule has 1 fully saturated rings. The second-order valence-corrected chi connectivity index (χ2v) is 9.18. The van der Waals surface area contributed by atoms with Gasteiger partial charge in [-0.05, 0) is 55.9 Å². The number of methoxy groups -OCH3 is 1. The van der Waals surface area contributed by atoms with Gasteiger partial charge in [0.2, 0.25) is 5.91 Å². The molecular weight excluding hydrogens is 440 g/mol. The summed E-state index contributed by atoms with van der Waals surface area (Å²) in [6.45, 7) is 1.90. The average molecular weight is 471 g/mol. The minimum absolute atomic E-state index is 0.113. The van der Waals surface area contributed by atoms with Gasteiger partial charge in [-0.15, -0.1) is 11.8 Å². The molecule has 0 heterocycles. The number of carbonyl (C=O) groups excluding carboxylic acids is 3. The summed E-state index contributed by atoms with van der Waals surface area (Å²) in [4.78, 5) is 37.7. The van der Waals surface area contributed by atoms with E-state index in [4.69, 9.17) is 9.47 Å². The normalized spacial score (nSPS) is 17.6. The first kappa shape index (κ1) is 24.6. The number of thioether (sulfide) groups is 1. The molecular formula is C25H30N2O5S. The van der Waals surface area contributed by atoms with Crippen molar-refractivity contribution in [3.8, 4) is 5.75 Å². The van der Waals surface area contributed by atoms with Crippen molar-refractivity contribution in [2.24, 2.45) is 5.92 Å². The molecule has 1 aliphatic carbocycles. The molecule has 1 saturated carbocycles. The number of benzene rings is 2. The highest BCUT2D eigenvalue weighted by Crippen LogP contribution is 2.25. The van der Waals surface area contributed by atoms with E-state index in [2.05, 4.69) is 17.6 Å². The van der Waals surface area contributed by atoms with Crippen LogP contribution in [0.25, 0.3) is 0 Å². The van der Waals surface area contributed by atoms with Crippen molar-refractivity contribution in [1.29, 1.82) is 0 Å². The summed E-state index contributed by atoms with van der Waals surface area (Å²) in [7, 11) is 1.56. The zero-order valence-electron chi connectivity index (χ0n) is 19.0. The number of nitrogens with one attached hydrogen (secondary N) is 2. The lowest BCUT2D eigenvalue weighted by Gasteiger charge is -2.26. The highest BCUT2D eigenvalue weighted by atomic mass is 32.2. The Bertz CT molecular complexity index is 973. The first-order valence-corrected chi connectivity index (χ1v) is 12.1. The van der Waals surface area contributed by atoms with Crippen molar-refractivity contribution in [3.63, 3.8) is 0 Å². The van der Waals surface area contributed by atoms with Gasteiger partial charge in [0.1, 0.15) is 5.75 Å². The van der Waals surface area contributed by atoms with Crippen LogP contribution in [0.15, 0.2) is 53.4 Å². The van der Waals surface area contributed by atoms with E-state index >= 15 is 0 Å². The molecule has 0 aromatic heterocycles. The zero-order chi connectivity index (χ0) is 23.6. The Hall–Kier alpha value is -3.00. The van der Waals surface area contributed by atoms with Crippen LogP contribution in [-0.4, -0.2) is 43.3 Å². The molecule has 33 heavy (non-hydrogen) atoms. The Labute approximate surface area is 198 Å². The van der Waals surface area contributed by atoms with Crippen LogP contribution in [0.3, 0.4) is 0 Å². The molecule has 8 heteroatoms. The van der Waals surface area contributed by atoms with Crippen LogP contribution >= 0.6 is 11.8 Å². The topological polar surface area (TPSA) is 93.7 Å². The van der Waals surface area contributed by atoms with E-state index in [1.54, 1.807) is 55.6 Å². The molecule has 0 atom stereocenters. The summed E-state index contributed by atoms with van der Waals surface area (Å²) in [6.07, 6.45) is 4.11. The molecule has 3 rings (SSSR count). The second kappa shape index (κ2) is 12.3. The number of esters is 1. The summed E-state index contributed by atoms with van der Waals surface area (Å²) in [5.41, 5.74) is 0.960. The van der Waals surface area contributed by atoms with Gasteiger partial charge < -0.3 is 20.1 Å². The van der Waals surface area contributed by atoms with Crippen molar-refractivity contribution in [3.05, 3.63) is 54.1 Å². The summed E-state index contributed by atoms with van der Waals surface area (Å²) >= 11 is 1.23. The first-order valence-electron chi connectivity index (χ1n) is 11.1. The van der Waals surface area contributed by atoms with Gasteiger partial charge in [-0.3, -0.25) is 9.59 Å². The molecule has 1 aliphatic rings. The molecule has 0 saturated heterocycles. The molecule has 2 amide bonds. The Kier molecular flexibility index (Phi) is 9.18. The van der Waals surface area contributed by atoms with Crippen LogP contribution in [0.4, 0.5) is 5.69 Å². The number of amides is 2. The Balaban J connectivity index is 1.49. The second-order valence-electron chi connectivity index (χ2n) is 8.17. The van der Waals surface area contributed by atoms with Crippen LogP contribution in [-0.2, 0) is 14.3 Å². The fourth-order valence-corrected chi connectivity index (χ4v) is 4.53. The summed E-state index contributed by atoms with van der Waals surface area (Å²) in [5, 5.41) is 5.76. The first-order chi connectivity index (χ1) is 15.9. The van der Waals surface area contributed by atoms with E-state index < -0.39 is 5.97 Å². The lowest BCUT2D eigenvalue weighted by molar-refractivity contribution is -0.125. The fraction of sp³-hybridized carbons (Fsp3) is 0.400. The highest BCUT2D eigenvalue weighted by molar-refractivity contribution is 8.00. The highest BCUT2D eigenvalue weighted by Gasteiger charge is 2.21. The largest absolute Gasteiger partial charge is 0.497 e. The third-order valence-electron chi connectivity index (χ3n) is 5.53. The molecule has 0 bridgehead atoms. The van der Waals surface area contributed by atoms with Crippen molar-refractivity contribution >= 4 is 35.2 Å². The van der Waals surface area contributed by atoms with Crippen molar-refractivity contribution < 1.29 is 23.9 Å². The zero-order valence-corrected chi connectivity index (χ0v) is 19.8. The van der Waals surface area contributed by atoms with Crippen molar-refractivity contribution in [1.82, 2.24) is 5.32 Å². The van der Waals surface area contributed by atoms with Gasteiger partial charge in [0.25, 0.3) is 5.91 Å². The molecule has 2 N–H and O–H groups in total. The lowest BCUT2D eigenvalue weighted by Crippen LogP contribution is -2.39. The third-order valence-corrected chi connectivity index (χ3v) is 6.61. The quantitative estimate of drug-likeness (QED) is 0.420. The SMILES string of the molecule is COc1cccc(NC(=O)CSc2ccccc2C(=O)OCC(=O)NC2CCC(C)CC2)c1. The molecule has 0 radical (unpaired) electrons. The van der Waals surface area contributed by atoms with E-state index in [1.165, 1.54) is 11.8 Å². The number of hydrogen-bond acceptors (Lipinski definition) is 6. The smallest absolute Gasteiger partial charge is 0.339 e. The molecule has 0 unspecified atom stereocenters. The van der Waals surface area contributed by atoms with Crippen LogP contribution < -0.4 is 15.4 Å². The monoisotopic (exact) mass is 470 g/mol. The number of rotatable bonds is 9. The van der Waals surface area contributed by atoms with Gasteiger partial charge in [-0.2, -0.15) is 0 Å². The van der Waals surface area contributed by atoms with Gasteiger partial charge in [0.05, 0.1) is 18.4 Å². The van der Waals surface area contributed by atoms with Crippen molar-refractivity contribution in [2.75, 3.05) is 24.8 Å². The summed E-state index contributed by atoms with van der Waals surface area (Å²) in [5.74, 6) is 0.377. The van der Waals surface area contributed by atoms with Crippen LogP contribution in [0.5, 0.6) is 5.75 Å². The molecule has 7 nitrogen and oxygen atoms in total. The van der Waals surface area contributed by atoms with Gasteiger partial charge >= 0.3 is 5.97 Å². The van der Waals surface area contributed by atoms with Gasteiger partial charge in [0, 0.05) is 22.7 Å². The maximum Gasteiger partial charge on any atom is 0.339 e. The van der Waals surface area contributed by atoms with Gasteiger partial charge in [0.15, 0.2) is 6.61 Å². The van der Waals surface area contributed by atoms with E-state index in [-0.39, 0.29) is 30.2 Å². The van der Waals surface area contributed by atoms with Crippen LogP contribution in [0.2, 0.25) is 0 Å². The fourth-order valence-electron chi connectivity index (χ4n) is 3.68. The predicted molar refractivity (Wildman–Crippen MR) is 129 cm³/mol. The Morgan fingerprint density at radius 2 is 1.76 bits per heavy atom. The third kappa shape index (κ3) is 7.82. The molecule has 0 spiro atoms. The van der Waals surface area contributed by atoms with E-state index in [0.29, 0.717) is 27.8 Å². The minimum atomic E-state index is -0.585. The minimum Gasteiger partial charge on any atom is -0.497 e. The number of hydrogen-bond donors (Lipinski definition) is 2. The summed E-state index contributed by atoms with van der Waals surface area (Å²) in [6, 6.07) is 14.1. The molecule has 176 valence electrons. The molecule has 2 aromatic rings. The number of carbonyl (C=O) groups is 3. The average Bonchev–Trinajstić information content (AvgIpc) is 2.83. The van der Waals surface area contributed by atoms with Gasteiger partial charge in [-0.1, -0.05) is 25.1 Å². The summed E-state index contributed by atoms with van der Waals surface area (Å²) < 4.78 is 10.4. The Morgan fingerprint density at radius 3 is 2.52 bits per heavy atom. The van der Waals surface area contributed by atoms with Gasteiger partial charge in [-0.25, -0.2) is 4.79 Å². The predicted octanol–water partition coefficient (Wildman–Crippen LogP) is 4.28. The maximum atomic E-state index is 12.6. The maximum absolute atomic E-state index is 12.6. The van der Waals surface area contributed by atoms with Crippen LogP contribution in [0.1, 0.15) is 43.0 Å². The lowest BCUT2D eigenvalue weighted by atomic mass is 9.87. The number of anilines is 1. The molecule has 0 aliphatic heterocycles.